The van der Waals surface area contributed by atoms with E-state index in [-0.39, 0.29) is 20.1 Å². The zero-order valence-electron chi connectivity index (χ0n) is 29.5. The van der Waals surface area contributed by atoms with Gasteiger partial charge in [0.15, 0.2) is 0 Å². The minimum atomic E-state index is -1.72. The van der Waals surface area contributed by atoms with E-state index >= 15 is 0 Å². The van der Waals surface area contributed by atoms with E-state index in [1.165, 1.54) is 46.1 Å². The molecule has 247 valence electrons. The van der Waals surface area contributed by atoms with E-state index in [9.17, 15) is 0 Å². The third-order valence-electron chi connectivity index (χ3n) is 8.79. The standard InChI is InChI=1S/C29H22NOS.C14H16GeN.Ir/c1-17(2)18-11-12-30-27(16-18)25-6-4-5-23-24-10-8-20-13-21-14-22(31-3)9-7-19(21)15-26(20)29(24)32-28(23)25;1-15(2,3)13-9-10-14(16-11-13)12-7-5-4-6-8-12;/h4-5,7-17H,1-3H3;4-7,9-11H,1-3H3;/q2*-1;/i17D;;. The predicted octanol–water partition coefficient (Wildman–Crippen LogP) is 11.4. The van der Waals surface area contributed by atoms with E-state index in [1.807, 2.05) is 68.6 Å². The molecule has 0 saturated heterocycles. The van der Waals surface area contributed by atoms with Crippen molar-refractivity contribution < 1.29 is 26.2 Å². The van der Waals surface area contributed by atoms with Crippen LogP contribution in [0.3, 0.4) is 0 Å². The summed E-state index contributed by atoms with van der Waals surface area (Å²) in [6, 6.07) is 42.2. The van der Waals surface area contributed by atoms with Gasteiger partial charge in [-0.05, 0) is 73.6 Å². The molecule has 0 bridgehead atoms. The van der Waals surface area contributed by atoms with Gasteiger partial charge >= 0.3 is 99.8 Å². The van der Waals surface area contributed by atoms with Gasteiger partial charge in [0, 0.05) is 32.4 Å². The third kappa shape index (κ3) is 7.22. The molecule has 8 aromatic rings. The smallest absolute Gasteiger partial charge is 0 e. The van der Waals surface area contributed by atoms with Gasteiger partial charge in [-0.1, -0.05) is 49.1 Å². The number of aromatic nitrogens is 2. The molecule has 0 aliphatic heterocycles. The van der Waals surface area contributed by atoms with Crippen LogP contribution < -0.4 is 9.13 Å². The number of hydrogen-bond donors (Lipinski definition) is 0. The predicted molar refractivity (Wildman–Crippen MR) is 209 cm³/mol. The van der Waals surface area contributed by atoms with Crippen LogP contribution >= 0.6 is 11.3 Å². The molecule has 0 aliphatic rings. The number of thiophene rings is 1. The van der Waals surface area contributed by atoms with Crippen LogP contribution in [0.2, 0.25) is 17.3 Å². The molecule has 5 aromatic carbocycles. The van der Waals surface area contributed by atoms with Crippen LogP contribution in [0.4, 0.5) is 0 Å². The van der Waals surface area contributed by atoms with Crippen molar-refractivity contribution in [2.75, 3.05) is 7.11 Å². The van der Waals surface area contributed by atoms with Gasteiger partial charge in [-0.3, -0.25) is 0 Å². The van der Waals surface area contributed by atoms with Crippen LogP contribution in [0.5, 0.6) is 5.75 Å². The molecule has 0 saturated carbocycles. The Morgan fingerprint density at radius 3 is 2.27 bits per heavy atom. The number of ether oxygens (including phenoxy) is 1. The Morgan fingerprint density at radius 1 is 0.735 bits per heavy atom. The minimum absolute atomic E-state index is 0. The maximum absolute atomic E-state index is 8.42. The molecular weight excluding hydrogens is 857 g/mol. The van der Waals surface area contributed by atoms with Crippen molar-refractivity contribution in [3.05, 3.63) is 133 Å². The molecule has 0 amide bonds. The average molecular weight is 897 g/mol. The summed E-state index contributed by atoms with van der Waals surface area (Å²) in [4.78, 5) is 9.17. The number of fused-ring (bicyclic) bond motifs is 6. The summed E-state index contributed by atoms with van der Waals surface area (Å²) in [7, 11) is 1.70. The molecule has 0 N–H and O–H groups in total. The Balaban J connectivity index is 0.000000215. The number of hydrogen-bond acceptors (Lipinski definition) is 4. The van der Waals surface area contributed by atoms with Crippen LogP contribution in [-0.4, -0.2) is 30.3 Å². The molecule has 0 unspecified atom stereocenters. The first kappa shape index (κ1) is 33.6. The molecule has 3 nitrogen and oxygen atoms in total. The van der Waals surface area contributed by atoms with Gasteiger partial charge in [0.1, 0.15) is 5.75 Å². The van der Waals surface area contributed by atoms with Gasteiger partial charge in [-0.2, -0.15) is 11.3 Å². The first-order chi connectivity index (χ1) is 23.5. The summed E-state index contributed by atoms with van der Waals surface area (Å²) < 4.78 is 17.7. The Hall–Kier alpha value is -3.87. The molecule has 8 rings (SSSR count). The number of nitrogens with zero attached hydrogens (tertiary/aromatic N) is 2. The Bertz CT molecular complexity index is 2450. The molecule has 3 aromatic heterocycles. The van der Waals surface area contributed by atoms with E-state index in [2.05, 4.69) is 94.0 Å². The molecule has 0 atom stereocenters. The van der Waals surface area contributed by atoms with Gasteiger partial charge in [-0.15, -0.1) is 23.8 Å². The number of rotatable bonds is 5. The number of benzene rings is 5. The van der Waals surface area contributed by atoms with Gasteiger partial charge in [0.2, 0.25) is 0 Å². The fraction of sp³-hybridized carbons (Fsp3) is 0.163. The zero-order chi connectivity index (χ0) is 34.3. The SMILES string of the molecule is [2H]C(C)(C)c1ccnc(-c2[c-]ccc3c2sc2c4cc5ccc(OC)cc5cc4ccc32)c1.[CH3][Ge]([CH3])([CH3])[c]1ccc(-c2[c-]cccc2)nc1.[Ir]. The molecule has 0 aliphatic carbocycles. The topological polar surface area (TPSA) is 35.0 Å². The van der Waals surface area contributed by atoms with E-state index in [0.717, 1.165) is 33.8 Å². The second kappa shape index (κ2) is 14.5. The maximum Gasteiger partial charge on any atom is 0 e. The first-order valence-electron chi connectivity index (χ1n) is 16.7. The summed E-state index contributed by atoms with van der Waals surface area (Å²) in [5.74, 6) is 7.34. The van der Waals surface area contributed by atoms with Crippen molar-refractivity contribution in [2.24, 2.45) is 0 Å². The van der Waals surface area contributed by atoms with Gasteiger partial charge in [-0.25, -0.2) is 0 Å². The Labute approximate surface area is 310 Å². The van der Waals surface area contributed by atoms with Gasteiger partial charge < -0.3 is 9.72 Å². The van der Waals surface area contributed by atoms with Crippen molar-refractivity contribution in [1.82, 2.24) is 9.97 Å². The third-order valence-corrected chi connectivity index (χ3v) is 14.3. The molecule has 0 spiro atoms. The molecule has 49 heavy (non-hydrogen) atoms. The Morgan fingerprint density at radius 2 is 1.55 bits per heavy atom. The largest absolute Gasteiger partial charge is 0 e. The summed E-state index contributed by atoms with van der Waals surface area (Å²) >= 11 is 0.0835. The fourth-order valence-electron chi connectivity index (χ4n) is 5.99. The van der Waals surface area contributed by atoms with E-state index in [0.29, 0.717) is 0 Å². The van der Waals surface area contributed by atoms with Gasteiger partial charge in [0.05, 0.1) is 7.11 Å². The number of methoxy groups -OCH3 is 1. The van der Waals surface area contributed by atoms with Crippen LogP contribution in [0.1, 0.15) is 26.7 Å². The van der Waals surface area contributed by atoms with Crippen molar-refractivity contribution in [3.63, 3.8) is 0 Å². The fourth-order valence-corrected chi connectivity index (χ4v) is 9.50. The average Bonchev–Trinajstić information content (AvgIpc) is 3.50. The molecule has 1 radical (unpaired) electrons. The second-order valence-corrected chi connectivity index (χ2v) is 25.0. The van der Waals surface area contributed by atoms with Crippen LogP contribution in [0, 0.1) is 12.1 Å². The maximum atomic E-state index is 8.42. The normalized spacial score (nSPS) is 12.0. The first-order valence-corrected chi connectivity index (χ1v) is 24.3. The van der Waals surface area contributed by atoms with E-state index in [1.54, 1.807) is 24.6 Å². The van der Waals surface area contributed by atoms with Crippen molar-refractivity contribution in [3.8, 4) is 28.3 Å². The monoisotopic (exact) mass is 898 g/mol. The minimum Gasteiger partial charge on any atom is 0 e. The van der Waals surface area contributed by atoms with E-state index in [4.69, 9.17) is 6.11 Å². The molecule has 3 heterocycles. The van der Waals surface area contributed by atoms with Crippen LogP contribution in [-0.2, 0) is 20.1 Å². The summed E-state index contributed by atoms with van der Waals surface area (Å²) in [6.45, 7) is 3.81. The molecule has 6 heteroatoms. The number of pyridine rings is 2. The second-order valence-electron chi connectivity index (χ2n) is 13.3. The quantitative estimate of drug-likeness (QED) is 0.0981. The molecular formula is C43H38GeIrN2OS-2. The van der Waals surface area contributed by atoms with Crippen LogP contribution in [0.15, 0.2) is 116 Å². The van der Waals surface area contributed by atoms with Crippen molar-refractivity contribution in [2.45, 2.75) is 37.0 Å². The summed E-state index contributed by atoms with van der Waals surface area (Å²) in [5.41, 5.74) is 4.89. The van der Waals surface area contributed by atoms with Crippen molar-refractivity contribution in [1.29, 1.82) is 0 Å². The summed E-state index contributed by atoms with van der Waals surface area (Å²) in [5, 5.41) is 7.32. The van der Waals surface area contributed by atoms with E-state index < -0.39 is 19.2 Å². The Kier molecular flexibility index (Phi) is 9.98. The van der Waals surface area contributed by atoms with Crippen LogP contribution in [0.25, 0.3) is 64.2 Å². The summed E-state index contributed by atoms with van der Waals surface area (Å²) in [6.07, 6.45) is 3.84. The molecule has 0 fully saturated rings. The zero-order valence-corrected chi connectivity index (χ0v) is 33.8. The van der Waals surface area contributed by atoms with Gasteiger partial charge in [0.25, 0.3) is 0 Å². The van der Waals surface area contributed by atoms with Crippen molar-refractivity contribution >= 4 is 70.7 Å².